The highest BCUT2D eigenvalue weighted by Gasteiger charge is 2.11. The van der Waals surface area contributed by atoms with E-state index >= 15 is 0 Å². The number of amides is 1. The summed E-state index contributed by atoms with van der Waals surface area (Å²) in [6.07, 6.45) is 0.169. The lowest BCUT2D eigenvalue weighted by molar-refractivity contribution is -0.120. The zero-order chi connectivity index (χ0) is 14.5. The Morgan fingerprint density at radius 2 is 1.65 bits per heavy atom. The normalized spacial score (nSPS) is 10.3. The maximum atomic E-state index is 11.9. The first-order chi connectivity index (χ1) is 9.58. The van der Waals surface area contributed by atoms with E-state index < -0.39 is 0 Å². The van der Waals surface area contributed by atoms with E-state index in [-0.39, 0.29) is 17.4 Å². The van der Waals surface area contributed by atoms with E-state index in [2.05, 4.69) is 5.32 Å². The third kappa shape index (κ3) is 3.89. The molecule has 1 amide bonds. The average molecular weight is 329 g/mol. The summed E-state index contributed by atoms with van der Waals surface area (Å²) in [5.41, 5.74) is 1.70. The monoisotopic (exact) mass is 327 g/mol. The predicted molar refractivity (Wildman–Crippen MR) is 83.5 cm³/mol. The molecule has 0 radical (unpaired) electrons. The number of carbonyl (C=O) groups excluding carboxylic acids is 1. The Balaban J connectivity index is 1.97. The smallest absolute Gasteiger partial charge is 0.224 e. The minimum Gasteiger partial charge on any atom is -0.352 e. The summed E-state index contributed by atoms with van der Waals surface area (Å²) in [6.45, 7) is 0.485. The number of hydrogen-bond donors (Lipinski definition) is 1. The van der Waals surface area contributed by atoms with Crippen LogP contribution in [0.15, 0.2) is 42.5 Å². The largest absolute Gasteiger partial charge is 0.352 e. The maximum Gasteiger partial charge on any atom is 0.224 e. The van der Waals surface area contributed by atoms with Crippen LogP contribution in [-0.2, 0) is 17.8 Å². The fraction of sp³-hybridized carbons (Fsp3) is 0.133. The zero-order valence-corrected chi connectivity index (χ0v) is 12.8. The van der Waals surface area contributed by atoms with Gasteiger partial charge in [0.05, 0.1) is 21.5 Å². The van der Waals surface area contributed by atoms with E-state index in [0.29, 0.717) is 22.2 Å². The molecule has 20 heavy (non-hydrogen) atoms. The van der Waals surface area contributed by atoms with E-state index in [0.717, 1.165) is 5.56 Å². The van der Waals surface area contributed by atoms with Crippen LogP contribution in [0.2, 0.25) is 15.1 Å². The SMILES string of the molecule is O=C(Cc1ccc(Cl)c(Cl)c1Cl)NCc1ccccc1. The minimum absolute atomic E-state index is 0.117. The van der Waals surface area contributed by atoms with Gasteiger partial charge in [-0.25, -0.2) is 0 Å². The maximum absolute atomic E-state index is 11.9. The fourth-order valence-corrected chi connectivity index (χ4v) is 2.36. The lowest BCUT2D eigenvalue weighted by Gasteiger charge is -2.08. The minimum atomic E-state index is -0.117. The second kappa shape index (κ2) is 6.98. The first kappa shape index (κ1) is 15.2. The van der Waals surface area contributed by atoms with E-state index in [1.165, 1.54) is 0 Å². The van der Waals surface area contributed by atoms with Crippen molar-refractivity contribution in [1.82, 2.24) is 5.32 Å². The Kier molecular flexibility index (Phi) is 5.30. The van der Waals surface area contributed by atoms with E-state index in [1.807, 2.05) is 30.3 Å². The lowest BCUT2D eigenvalue weighted by atomic mass is 10.1. The zero-order valence-electron chi connectivity index (χ0n) is 10.5. The molecular formula is C15H12Cl3NO. The predicted octanol–water partition coefficient (Wildman–Crippen LogP) is 4.51. The van der Waals surface area contributed by atoms with E-state index in [1.54, 1.807) is 12.1 Å². The van der Waals surface area contributed by atoms with Gasteiger partial charge in [0.25, 0.3) is 0 Å². The molecule has 0 fully saturated rings. The van der Waals surface area contributed by atoms with Gasteiger partial charge in [0.1, 0.15) is 0 Å². The summed E-state index contributed by atoms with van der Waals surface area (Å²) >= 11 is 17.9. The van der Waals surface area contributed by atoms with E-state index in [4.69, 9.17) is 34.8 Å². The summed E-state index contributed by atoms with van der Waals surface area (Å²) in [7, 11) is 0. The number of rotatable bonds is 4. The molecule has 0 aliphatic carbocycles. The summed E-state index contributed by atoms with van der Waals surface area (Å²) in [5, 5.41) is 3.82. The Morgan fingerprint density at radius 1 is 0.950 bits per heavy atom. The van der Waals surface area contributed by atoms with Gasteiger partial charge in [0, 0.05) is 6.54 Å². The molecule has 5 heteroatoms. The first-order valence-corrected chi connectivity index (χ1v) is 7.14. The first-order valence-electron chi connectivity index (χ1n) is 6.01. The second-order valence-electron chi connectivity index (χ2n) is 4.27. The molecule has 0 saturated carbocycles. The van der Waals surface area contributed by atoms with Gasteiger partial charge in [-0.15, -0.1) is 0 Å². The van der Waals surface area contributed by atoms with Crippen molar-refractivity contribution in [1.29, 1.82) is 0 Å². The van der Waals surface area contributed by atoms with E-state index in [9.17, 15) is 4.79 Å². The number of nitrogens with one attached hydrogen (secondary N) is 1. The van der Waals surface area contributed by atoms with Crippen molar-refractivity contribution in [3.63, 3.8) is 0 Å². The molecule has 0 spiro atoms. The number of hydrogen-bond acceptors (Lipinski definition) is 1. The van der Waals surface area contributed by atoms with Crippen LogP contribution in [-0.4, -0.2) is 5.91 Å². The molecule has 2 nitrogen and oxygen atoms in total. The van der Waals surface area contributed by atoms with Crippen LogP contribution in [0.5, 0.6) is 0 Å². The molecular weight excluding hydrogens is 317 g/mol. The number of halogens is 3. The third-order valence-corrected chi connectivity index (χ3v) is 4.13. The summed E-state index contributed by atoms with van der Waals surface area (Å²) < 4.78 is 0. The Labute approximate surface area is 132 Å². The molecule has 0 bridgehead atoms. The van der Waals surface area contributed by atoms with Crippen LogP contribution in [0, 0.1) is 0 Å². The summed E-state index contributed by atoms with van der Waals surface area (Å²) in [4.78, 5) is 11.9. The molecule has 2 aromatic rings. The molecule has 0 aliphatic heterocycles. The van der Waals surface area contributed by atoms with Crippen LogP contribution in [0.3, 0.4) is 0 Å². The molecule has 0 aromatic heterocycles. The molecule has 0 unspecified atom stereocenters. The molecule has 0 atom stereocenters. The molecule has 2 rings (SSSR count). The van der Waals surface area contributed by atoms with Gasteiger partial charge in [-0.3, -0.25) is 4.79 Å². The lowest BCUT2D eigenvalue weighted by Crippen LogP contribution is -2.24. The van der Waals surface area contributed by atoms with Gasteiger partial charge in [0.2, 0.25) is 5.91 Å². The highest BCUT2D eigenvalue weighted by molar-refractivity contribution is 6.48. The quantitative estimate of drug-likeness (QED) is 0.822. The van der Waals surface area contributed by atoms with Crippen molar-refractivity contribution in [3.05, 3.63) is 68.7 Å². The summed E-state index contributed by atoms with van der Waals surface area (Å²) in [5.74, 6) is -0.117. The Morgan fingerprint density at radius 3 is 2.35 bits per heavy atom. The third-order valence-electron chi connectivity index (χ3n) is 2.80. The summed E-state index contributed by atoms with van der Waals surface area (Å²) in [6, 6.07) is 13.0. The fourth-order valence-electron chi connectivity index (χ4n) is 1.73. The standard InChI is InChI=1S/C15H12Cl3NO/c16-12-7-6-11(14(17)15(12)18)8-13(20)19-9-10-4-2-1-3-5-10/h1-7H,8-9H2,(H,19,20). The van der Waals surface area contributed by atoms with Gasteiger partial charge < -0.3 is 5.32 Å². The van der Waals surface area contributed by atoms with Crippen molar-refractivity contribution in [2.75, 3.05) is 0 Å². The van der Waals surface area contributed by atoms with Gasteiger partial charge in [-0.05, 0) is 17.2 Å². The van der Waals surface area contributed by atoms with Crippen molar-refractivity contribution in [3.8, 4) is 0 Å². The van der Waals surface area contributed by atoms with Crippen LogP contribution in [0.25, 0.3) is 0 Å². The highest BCUT2D eigenvalue weighted by Crippen LogP contribution is 2.32. The molecule has 2 aromatic carbocycles. The average Bonchev–Trinajstić information content (AvgIpc) is 2.47. The molecule has 0 aliphatic rings. The molecule has 0 heterocycles. The van der Waals surface area contributed by atoms with Gasteiger partial charge in [0.15, 0.2) is 0 Å². The Hall–Kier alpha value is -1.22. The van der Waals surface area contributed by atoms with Crippen LogP contribution < -0.4 is 5.32 Å². The van der Waals surface area contributed by atoms with Gasteiger partial charge in [-0.2, -0.15) is 0 Å². The van der Waals surface area contributed by atoms with Crippen molar-refractivity contribution < 1.29 is 4.79 Å². The Bertz CT molecular complexity index is 614. The van der Waals surface area contributed by atoms with Crippen molar-refractivity contribution in [2.24, 2.45) is 0 Å². The molecule has 1 N–H and O–H groups in total. The van der Waals surface area contributed by atoms with Gasteiger partial charge >= 0.3 is 0 Å². The number of benzene rings is 2. The van der Waals surface area contributed by atoms with Crippen LogP contribution >= 0.6 is 34.8 Å². The van der Waals surface area contributed by atoms with Crippen LogP contribution in [0.4, 0.5) is 0 Å². The highest BCUT2D eigenvalue weighted by atomic mass is 35.5. The molecule has 0 saturated heterocycles. The topological polar surface area (TPSA) is 29.1 Å². The van der Waals surface area contributed by atoms with Crippen LogP contribution in [0.1, 0.15) is 11.1 Å². The second-order valence-corrected chi connectivity index (χ2v) is 5.44. The number of carbonyl (C=O) groups is 1. The van der Waals surface area contributed by atoms with Crippen molar-refractivity contribution in [2.45, 2.75) is 13.0 Å². The van der Waals surface area contributed by atoms with Crippen molar-refractivity contribution >= 4 is 40.7 Å². The molecule has 104 valence electrons. The van der Waals surface area contributed by atoms with Gasteiger partial charge in [-0.1, -0.05) is 71.2 Å².